The molecule has 0 bridgehead atoms. The van der Waals surface area contributed by atoms with Crippen LogP contribution in [0.2, 0.25) is 0 Å². The first kappa shape index (κ1) is 9.39. The highest BCUT2D eigenvalue weighted by molar-refractivity contribution is 5.88. The van der Waals surface area contributed by atoms with Crippen molar-refractivity contribution in [1.29, 1.82) is 0 Å². The van der Waals surface area contributed by atoms with E-state index in [1.165, 1.54) is 0 Å². The first-order chi connectivity index (χ1) is 7.18. The van der Waals surface area contributed by atoms with Crippen LogP contribution in [-0.4, -0.2) is 26.1 Å². The summed E-state index contributed by atoms with van der Waals surface area (Å²) in [6.07, 6.45) is 3.29. The normalized spacial score (nSPS) is 10.2. The summed E-state index contributed by atoms with van der Waals surface area (Å²) < 4.78 is 1.60. The predicted octanol–water partition coefficient (Wildman–Crippen LogP) is 1.27. The van der Waals surface area contributed by atoms with Crippen molar-refractivity contribution in [2.75, 3.05) is 0 Å². The lowest BCUT2D eigenvalue weighted by Gasteiger charge is -2.05. The second kappa shape index (κ2) is 3.53. The maximum Gasteiger partial charge on any atom is 0.335 e. The van der Waals surface area contributed by atoms with Gasteiger partial charge < -0.3 is 5.11 Å². The smallest absolute Gasteiger partial charge is 0.335 e. The van der Waals surface area contributed by atoms with E-state index < -0.39 is 5.97 Å². The molecule has 0 amide bonds. The molecule has 1 heterocycles. The molecular formula is C10H9N3O2. The molecule has 0 radical (unpaired) electrons. The second-order valence-corrected chi connectivity index (χ2v) is 3.15. The zero-order chi connectivity index (χ0) is 10.8. The molecule has 0 fully saturated rings. The van der Waals surface area contributed by atoms with Gasteiger partial charge in [0.15, 0.2) is 0 Å². The lowest BCUT2D eigenvalue weighted by Crippen LogP contribution is -2.02. The Morgan fingerprint density at radius 2 is 2.27 bits per heavy atom. The van der Waals surface area contributed by atoms with Gasteiger partial charge in [0, 0.05) is 0 Å². The SMILES string of the molecule is Cc1cc(C(=O)O)ccc1-n1ccnn1. The standard InChI is InChI=1S/C10H9N3O2/c1-7-6-8(10(14)15)2-3-9(7)13-5-4-11-12-13/h2-6H,1H3,(H,14,15). The maximum absolute atomic E-state index is 10.7. The Hall–Kier alpha value is -2.17. The molecule has 2 rings (SSSR count). The summed E-state index contributed by atoms with van der Waals surface area (Å²) in [5.74, 6) is -0.928. The largest absolute Gasteiger partial charge is 0.478 e. The molecule has 0 atom stereocenters. The molecular weight excluding hydrogens is 194 g/mol. The average molecular weight is 203 g/mol. The van der Waals surface area contributed by atoms with Gasteiger partial charge in [0.2, 0.25) is 0 Å². The van der Waals surface area contributed by atoms with Crippen LogP contribution in [0, 0.1) is 6.92 Å². The van der Waals surface area contributed by atoms with Crippen LogP contribution in [-0.2, 0) is 0 Å². The number of carboxylic acids is 1. The van der Waals surface area contributed by atoms with Crippen LogP contribution in [0.25, 0.3) is 5.69 Å². The summed E-state index contributed by atoms with van der Waals surface area (Å²) in [6.45, 7) is 1.84. The Kier molecular flexibility index (Phi) is 2.21. The van der Waals surface area contributed by atoms with Crippen molar-refractivity contribution in [1.82, 2.24) is 15.0 Å². The van der Waals surface area contributed by atoms with E-state index in [9.17, 15) is 4.79 Å². The molecule has 5 heteroatoms. The molecule has 1 aromatic heterocycles. The topological polar surface area (TPSA) is 68.0 Å². The number of rotatable bonds is 2. The van der Waals surface area contributed by atoms with Crippen molar-refractivity contribution in [2.24, 2.45) is 0 Å². The van der Waals surface area contributed by atoms with Gasteiger partial charge in [0.25, 0.3) is 0 Å². The Morgan fingerprint density at radius 1 is 1.47 bits per heavy atom. The first-order valence-corrected chi connectivity index (χ1v) is 4.39. The van der Waals surface area contributed by atoms with Gasteiger partial charge in [-0.1, -0.05) is 5.21 Å². The highest BCUT2D eigenvalue weighted by Crippen LogP contribution is 2.14. The number of aromatic nitrogens is 3. The molecule has 2 aromatic rings. The fourth-order valence-electron chi connectivity index (χ4n) is 1.38. The number of nitrogens with zero attached hydrogens (tertiary/aromatic N) is 3. The predicted molar refractivity (Wildman–Crippen MR) is 53.1 cm³/mol. The van der Waals surface area contributed by atoms with Gasteiger partial charge in [-0.05, 0) is 30.7 Å². The van der Waals surface area contributed by atoms with E-state index in [4.69, 9.17) is 5.11 Å². The molecule has 1 N–H and O–H groups in total. The summed E-state index contributed by atoms with van der Waals surface area (Å²) in [5, 5.41) is 16.3. The van der Waals surface area contributed by atoms with Crippen LogP contribution in [0.15, 0.2) is 30.6 Å². The number of benzene rings is 1. The molecule has 15 heavy (non-hydrogen) atoms. The molecule has 0 unspecified atom stereocenters. The van der Waals surface area contributed by atoms with Gasteiger partial charge >= 0.3 is 5.97 Å². The van der Waals surface area contributed by atoms with E-state index in [-0.39, 0.29) is 5.56 Å². The number of carbonyl (C=O) groups is 1. The molecule has 0 saturated heterocycles. The summed E-state index contributed by atoms with van der Waals surface area (Å²) in [6, 6.07) is 4.87. The Morgan fingerprint density at radius 3 is 2.80 bits per heavy atom. The Bertz CT molecular complexity index is 491. The third-order valence-corrected chi connectivity index (χ3v) is 2.11. The minimum Gasteiger partial charge on any atom is -0.478 e. The van der Waals surface area contributed by atoms with Gasteiger partial charge in [0.1, 0.15) is 0 Å². The Labute approximate surface area is 86.0 Å². The minimum absolute atomic E-state index is 0.274. The van der Waals surface area contributed by atoms with Gasteiger partial charge in [-0.3, -0.25) is 0 Å². The van der Waals surface area contributed by atoms with Crippen molar-refractivity contribution >= 4 is 5.97 Å². The highest BCUT2D eigenvalue weighted by Gasteiger charge is 2.06. The molecule has 0 aliphatic rings. The van der Waals surface area contributed by atoms with E-state index in [2.05, 4.69) is 10.3 Å². The Balaban J connectivity index is 2.48. The summed E-state index contributed by atoms with van der Waals surface area (Å²) in [7, 11) is 0. The maximum atomic E-state index is 10.7. The van der Waals surface area contributed by atoms with E-state index in [1.807, 2.05) is 6.92 Å². The van der Waals surface area contributed by atoms with Crippen molar-refractivity contribution < 1.29 is 9.90 Å². The molecule has 1 aromatic carbocycles. The van der Waals surface area contributed by atoms with Gasteiger partial charge in [-0.2, -0.15) is 0 Å². The zero-order valence-corrected chi connectivity index (χ0v) is 8.08. The van der Waals surface area contributed by atoms with Crippen LogP contribution in [0.3, 0.4) is 0 Å². The van der Waals surface area contributed by atoms with Gasteiger partial charge in [0.05, 0.1) is 23.6 Å². The van der Waals surface area contributed by atoms with Crippen LogP contribution < -0.4 is 0 Å². The molecule has 0 aliphatic carbocycles. The van der Waals surface area contributed by atoms with Gasteiger partial charge in [-0.25, -0.2) is 9.48 Å². The van der Waals surface area contributed by atoms with Crippen molar-refractivity contribution in [3.05, 3.63) is 41.7 Å². The quantitative estimate of drug-likeness (QED) is 0.798. The average Bonchev–Trinajstić information content (AvgIpc) is 2.70. The van der Waals surface area contributed by atoms with Crippen LogP contribution >= 0.6 is 0 Å². The summed E-state index contributed by atoms with van der Waals surface area (Å²) in [4.78, 5) is 10.7. The molecule has 5 nitrogen and oxygen atoms in total. The summed E-state index contributed by atoms with van der Waals surface area (Å²) in [5.41, 5.74) is 1.95. The van der Waals surface area contributed by atoms with Crippen LogP contribution in [0.4, 0.5) is 0 Å². The molecule has 0 aliphatic heterocycles. The second-order valence-electron chi connectivity index (χ2n) is 3.15. The molecule has 0 saturated carbocycles. The van der Waals surface area contributed by atoms with Gasteiger partial charge in [-0.15, -0.1) is 5.10 Å². The molecule has 0 spiro atoms. The minimum atomic E-state index is -0.928. The monoisotopic (exact) mass is 203 g/mol. The van der Waals surface area contributed by atoms with E-state index in [0.29, 0.717) is 0 Å². The molecule has 76 valence electrons. The van der Waals surface area contributed by atoms with E-state index in [0.717, 1.165) is 11.3 Å². The van der Waals surface area contributed by atoms with Crippen LogP contribution in [0.1, 0.15) is 15.9 Å². The zero-order valence-electron chi connectivity index (χ0n) is 8.08. The fraction of sp³-hybridized carbons (Fsp3) is 0.100. The number of aromatic carboxylic acids is 1. The number of aryl methyl sites for hydroxylation is 1. The van der Waals surface area contributed by atoms with Crippen molar-refractivity contribution in [3.8, 4) is 5.69 Å². The third-order valence-electron chi connectivity index (χ3n) is 2.11. The lowest BCUT2D eigenvalue weighted by atomic mass is 10.1. The van der Waals surface area contributed by atoms with E-state index >= 15 is 0 Å². The number of hydrogen-bond donors (Lipinski definition) is 1. The van der Waals surface area contributed by atoms with E-state index in [1.54, 1.807) is 35.3 Å². The number of carboxylic acid groups (broad SMARTS) is 1. The first-order valence-electron chi connectivity index (χ1n) is 4.39. The third kappa shape index (κ3) is 1.71. The lowest BCUT2D eigenvalue weighted by molar-refractivity contribution is 0.0697. The van der Waals surface area contributed by atoms with Crippen LogP contribution in [0.5, 0.6) is 0 Å². The highest BCUT2D eigenvalue weighted by atomic mass is 16.4. The van der Waals surface area contributed by atoms with Crippen molar-refractivity contribution in [3.63, 3.8) is 0 Å². The summed E-state index contributed by atoms with van der Waals surface area (Å²) >= 11 is 0. The fourth-order valence-corrected chi connectivity index (χ4v) is 1.38. The van der Waals surface area contributed by atoms with Crippen molar-refractivity contribution in [2.45, 2.75) is 6.92 Å². The number of hydrogen-bond acceptors (Lipinski definition) is 3.